The molecule has 1 aliphatic heterocycles. The Labute approximate surface area is 156 Å². The average molecular weight is 368 g/mol. The standard InChI is InChI=1S/C20H18ClN3O2/c1-13-5-2-3-8-16(13)19-22-20(26-23-19)17-9-10-18(25)24(17)12-14-6-4-7-15(21)11-14/h2-8,11,17H,9-10,12H2,1H3. The van der Waals surface area contributed by atoms with Gasteiger partial charge in [0.25, 0.3) is 0 Å². The van der Waals surface area contributed by atoms with Gasteiger partial charge in [0.05, 0.1) is 0 Å². The highest BCUT2D eigenvalue weighted by Gasteiger charge is 2.36. The number of halogens is 1. The van der Waals surface area contributed by atoms with Crippen LogP contribution in [-0.4, -0.2) is 20.9 Å². The SMILES string of the molecule is Cc1ccccc1-c1noc(C2CCC(=O)N2Cc2cccc(Cl)c2)n1. The van der Waals surface area contributed by atoms with Crippen molar-refractivity contribution in [3.05, 3.63) is 70.6 Å². The summed E-state index contributed by atoms with van der Waals surface area (Å²) in [7, 11) is 0. The fourth-order valence-corrected chi connectivity index (χ4v) is 3.54. The van der Waals surface area contributed by atoms with E-state index in [0.29, 0.717) is 36.1 Å². The molecular weight excluding hydrogens is 350 g/mol. The minimum atomic E-state index is -0.202. The van der Waals surface area contributed by atoms with Crippen LogP contribution in [0.2, 0.25) is 5.02 Å². The van der Waals surface area contributed by atoms with Gasteiger partial charge in [0.15, 0.2) is 0 Å². The topological polar surface area (TPSA) is 59.2 Å². The summed E-state index contributed by atoms with van der Waals surface area (Å²) in [6.45, 7) is 2.49. The fraction of sp³-hybridized carbons (Fsp3) is 0.250. The minimum absolute atomic E-state index is 0.0885. The molecule has 0 bridgehead atoms. The van der Waals surface area contributed by atoms with Crippen molar-refractivity contribution in [3.63, 3.8) is 0 Å². The number of carbonyl (C=O) groups excluding carboxylic acids is 1. The van der Waals surface area contributed by atoms with E-state index in [1.165, 1.54) is 0 Å². The van der Waals surface area contributed by atoms with Gasteiger partial charge in [-0.15, -0.1) is 0 Å². The van der Waals surface area contributed by atoms with Gasteiger partial charge in [0, 0.05) is 23.6 Å². The molecule has 0 saturated carbocycles. The van der Waals surface area contributed by atoms with E-state index in [-0.39, 0.29) is 11.9 Å². The summed E-state index contributed by atoms with van der Waals surface area (Å²) in [6.07, 6.45) is 1.15. The molecule has 132 valence electrons. The predicted octanol–water partition coefficient (Wildman–Crippen LogP) is 4.56. The van der Waals surface area contributed by atoms with Gasteiger partial charge in [0.1, 0.15) is 6.04 Å². The molecule has 1 fully saturated rings. The monoisotopic (exact) mass is 367 g/mol. The van der Waals surface area contributed by atoms with Crippen LogP contribution in [0.4, 0.5) is 0 Å². The first-order valence-electron chi connectivity index (χ1n) is 8.55. The maximum absolute atomic E-state index is 12.4. The van der Waals surface area contributed by atoms with E-state index in [4.69, 9.17) is 16.1 Å². The first kappa shape index (κ1) is 16.8. The zero-order valence-corrected chi connectivity index (χ0v) is 15.1. The van der Waals surface area contributed by atoms with Crippen molar-refractivity contribution in [1.82, 2.24) is 15.0 Å². The van der Waals surface area contributed by atoms with Crippen LogP contribution in [-0.2, 0) is 11.3 Å². The molecule has 3 aromatic rings. The van der Waals surface area contributed by atoms with Crippen molar-refractivity contribution in [1.29, 1.82) is 0 Å². The molecule has 2 aromatic carbocycles. The molecule has 26 heavy (non-hydrogen) atoms. The normalized spacial score (nSPS) is 17.1. The third-order valence-electron chi connectivity index (χ3n) is 4.68. The van der Waals surface area contributed by atoms with E-state index < -0.39 is 0 Å². The van der Waals surface area contributed by atoms with Crippen LogP contribution in [0.15, 0.2) is 53.1 Å². The predicted molar refractivity (Wildman–Crippen MR) is 98.4 cm³/mol. The van der Waals surface area contributed by atoms with Crippen LogP contribution >= 0.6 is 11.6 Å². The van der Waals surface area contributed by atoms with Crippen LogP contribution in [0, 0.1) is 6.92 Å². The molecule has 6 heteroatoms. The summed E-state index contributed by atoms with van der Waals surface area (Å²) in [6, 6.07) is 15.2. The smallest absolute Gasteiger partial charge is 0.249 e. The maximum Gasteiger partial charge on any atom is 0.249 e. The van der Waals surface area contributed by atoms with Crippen molar-refractivity contribution < 1.29 is 9.32 Å². The summed E-state index contributed by atoms with van der Waals surface area (Å²) in [5.41, 5.74) is 3.00. The summed E-state index contributed by atoms with van der Waals surface area (Å²) in [4.78, 5) is 18.7. The molecule has 2 heterocycles. The number of nitrogens with zero attached hydrogens (tertiary/aromatic N) is 3. The Morgan fingerprint density at radius 3 is 2.88 bits per heavy atom. The van der Waals surface area contributed by atoms with E-state index in [9.17, 15) is 4.79 Å². The zero-order chi connectivity index (χ0) is 18.1. The highest BCUT2D eigenvalue weighted by atomic mass is 35.5. The summed E-state index contributed by atoms with van der Waals surface area (Å²) < 4.78 is 5.52. The lowest BCUT2D eigenvalue weighted by molar-refractivity contribution is -0.129. The lowest BCUT2D eigenvalue weighted by Crippen LogP contribution is -2.27. The molecule has 4 rings (SSSR count). The number of benzene rings is 2. The number of hydrogen-bond donors (Lipinski definition) is 0. The summed E-state index contributed by atoms with van der Waals surface area (Å²) >= 11 is 6.06. The second-order valence-electron chi connectivity index (χ2n) is 6.48. The molecule has 5 nitrogen and oxygen atoms in total. The summed E-state index contributed by atoms with van der Waals surface area (Å²) in [5.74, 6) is 1.13. The Balaban J connectivity index is 1.60. The molecule has 0 aliphatic carbocycles. The van der Waals surface area contributed by atoms with Gasteiger partial charge in [-0.2, -0.15) is 4.98 Å². The fourth-order valence-electron chi connectivity index (χ4n) is 3.32. The van der Waals surface area contributed by atoms with E-state index >= 15 is 0 Å². The lowest BCUT2D eigenvalue weighted by Gasteiger charge is -2.22. The Bertz CT molecular complexity index is 953. The minimum Gasteiger partial charge on any atom is -0.337 e. The first-order valence-corrected chi connectivity index (χ1v) is 8.93. The number of amides is 1. The van der Waals surface area contributed by atoms with Gasteiger partial charge in [-0.3, -0.25) is 4.79 Å². The number of aryl methyl sites for hydroxylation is 1. The average Bonchev–Trinajstić information content (AvgIpc) is 3.23. The highest BCUT2D eigenvalue weighted by Crippen LogP contribution is 2.34. The molecule has 1 aliphatic rings. The first-order chi connectivity index (χ1) is 12.6. The second-order valence-corrected chi connectivity index (χ2v) is 6.91. The largest absolute Gasteiger partial charge is 0.337 e. The number of hydrogen-bond acceptors (Lipinski definition) is 4. The summed E-state index contributed by atoms with van der Waals surface area (Å²) in [5, 5.41) is 4.79. The molecule has 0 radical (unpaired) electrons. The van der Waals surface area contributed by atoms with E-state index in [1.54, 1.807) is 4.90 Å². The van der Waals surface area contributed by atoms with Gasteiger partial charge in [0.2, 0.25) is 17.6 Å². The molecule has 1 atom stereocenters. The molecule has 1 saturated heterocycles. The van der Waals surface area contributed by atoms with E-state index in [0.717, 1.165) is 16.7 Å². The Morgan fingerprint density at radius 2 is 2.08 bits per heavy atom. The molecular formula is C20H18ClN3O2. The third kappa shape index (κ3) is 3.22. The van der Waals surface area contributed by atoms with E-state index in [2.05, 4.69) is 10.1 Å². The number of carbonyl (C=O) groups is 1. The third-order valence-corrected chi connectivity index (χ3v) is 4.92. The number of rotatable bonds is 4. The number of aromatic nitrogens is 2. The molecule has 1 aromatic heterocycles. The lowest BCUT2D eigenvalue weighted by atomic mass is 10.1. The Morgan fingerprint density at radius 1 is 1.23 bits per heavy atom. The molecule has 1 unspecified atom stereocenters. The number of likely N-dealkylation sites (tertiary alicyclic amines) is 1. The van der Waals surface area contributed by atoms with Crippen LogP contribution in [0.3, 0.4) is 0 Å². The quantitative estimate of drug-likeness (QED) is 0.678. The second kappa shape index (κ2) is 6.92. The Hall–Kier alpha value is -2.66. The van der Waals surface area contributed by atoms with Gasteiger partial charge in [-0.05, 0) is 36.6 Å². The van der Waals surface area contributed by atoms with Crippen molar-refractivity contribution in [2.45, 2.75) is 32.4 Å². The van der Waals surface area contributed by atoms with Crippen molar-refractivity contribution in [2.75, 3.05) is 0 Å². The van der Waals surface area contributed by atoms with Crippen molar-refractivity contribution in [3.8, 4) is 11.4 Å². The zero-order valence-electron chi connectivity index (χ0n) is 14.4. The molecule has 1 amide bonds. The molecule has 0 N–H and O–H groups in total. The highest BCUT2D eigenvalue weighted by molar-refractivity contribution is 6.30. The van der Waals surface area contributed by atoms with Gasteiger partial charge in [-0.25, -0.2) is 0 Å². The van der Waals surface area contributed by atoms with Crippen LogP contribution in [0.1, 0.15) is 35.9 Å². The van der Waals surface area contributed by atoms with Crippen molar-refractivity contribution in [2.24, 2.45) is 0 Å². The van der Waals surface area contributed by atoms with E-state index in [1.807, 2.05) is 55.5 Å². The van der Waals surface area contributed by atoms with Gasteiger partial charge in [-0.1, -0.05) is 53.2 Å². The van der Waals surface area contributed by atoms with Crippen LogP contribution < -0.4 is 0 Å². The van der Waals surface area contributed by atoms with Gasteiger partial charge < -0.3 is 9.42 Å². The maximum atomic E-state index is 12.4. The van der Waals surface area contributed by atoms with Crippen LogP contribution in [0.25, 0.3) is 11.4 Å². The van der Waals surface area contributed by atoms with Crippen LogP contribution in [0.5, 0.6) is 0 Å². The van der Waals surface area contributed by atoms with Gasteiger partial charge >= 0.3 is 0 Å². The molecule has 0 spiro atoms. The Kier molecular flexibility index (Phi) is 4.47. The van der Waals surface area contributed by atoms with Crippen molar-refractivity contribution >= 4 is 17.5 Å².